The molecule has 0 spiro atoms. The summed E-state index contributed by atoms with van der Waals surface area (Å²) < 4.78 is 0. The van der Waals surface area contributed by atoms with E-state index in [0.717, 1.165) is 26.2 Å². The third kappa shape index (κ3) is 3.05. The minimum atomic E-state index is 0.285. The highest BCUT2D eigenvalue weighted by Gasteiger charge is 2.25. The average molecular weight is 274 g/mol. The molecule has 1 atom stereocenters. The van der Waals surface area contributed by atoms with Crippen LogP contribution in [0.5, 0.6) is 0 Å². The molecule has 1 aromatic carbocycles. The van der Waals surface area contributed by atoms with Crippen LogP contribution in [-0.2, 0) is 0 Å². The van der Waals surface area contributed by atoms with Crippen LogP contribution in [0.1, 0.15) is 48.8 Å². The van der Waals surface area contributed by atoms with Gasteiger partial charge in [-0.05, 0) is 62.4 Å². The number of likely N-dealkylation sites (tertiary alicyclic amines) is 1. The molecule has 0 unspecified atom stereocenters. The Morgan fingerprint density at radius 2 is 1.85 bits per heavy atom. The van der Waals surface area contributed by atoms with E-state index in [0.29, 0.717) is 12.0 Å². The maximum atomic E-state index is 9.04. The Labute approximate surface area is 122 Å². The smallest absolute Gasteiger partial charge is 0.0558 e. The Bertz CT molecular complexity index is 421. The normalized spacial score (nSPS) is 25.1. The lowest BCUT2D eigenvalue weighted by Gasteiger charge is -2.33. The zero-order chi connectivity index (χ0) is 13.8. The average Bonchev–Trinajstić information content (AvgIpc) is 3.03. The Morgan fingerprint density at radius 1 is 1.10 bits per heavy atom. The standard InChI is InChI=1S/C17H26N2O/c20-13-12-19-10-7-14(8-11-19)15-4-1-2-5-16(15)17-6-3-9-18-17/h1-2,4-5,14,17-18,20H,3,6-13H2/t17-/m1/s1. The van der Waals surface area contributed by atoms with Crippen molar-refractivity contribution in [2.75, 3.05) is 32.8 Å². The van der Waals surface area contributed by atoms with Crippen LogP contribution >= 0.6 is 0 Å². The van der Waals surface area contributed by atoms with Gasteiger partial charge in [-0.15, -0.1) is 0 Å². The van der Waals surface area contributed by atoms with Crippen LogP contribution in [-0.4, -0.2) is 42.8 Å². The van der Waals surface area contributed by atoms with Gasteiger partial charge in [0.05, 0.1) is 6.61 Å². The Balaban J connectivity index is 1.71. The van der Waals surface area contributed by atoms with Crippen LogP contribution in [0.25, 0.3) is 0 Å². The van der Waals surface area contributed by atoms with Gasteiger partial charge in [-0.25, -0.2) is 0 Å². The molecular formula is C17H26N2O. The number of rotatable bonds is 4. The zero-order valence-corrected chi connectivity index (χ0v) is 12.2. The lowest BCUT2D eigenvalue weighted by atomic mass is 9.84. The van der Waals surface area contributed by atoms with Crippen molar-refractivity contribution in [1.29, 1.82) is 0 Å². The summed E-state index contributed by atoms with van der Waals surface area (Å²) in [4.78, 5) is 2.38. The van der Waals surface area contributed by atoms with Crippen molar-refractivity contribution in [3.05, 3.63) is 35.4 Å². The van der Waals surface area contributed by atoms with Crippen LogP contribution in [0.15, 0.2) is 24.3 Å². The van der Waals surface area contributed by atoms with Crippen LogP contribution in [0.2, 0.25) is 0 Å². The fourth-order valence-electron chi connectivity index (χ4n) is 3.76. The Hall–Kier alpha value is -0.900. The Kier molecular flexibility index (Phi) is 4.71. The van der Waals surface area contributed by atoms with Crippen LogP contribution in [0.3, 0.4) is 0 Å². The van der Waals surface area contributed by atoms with E-state index < -0.39 is 0 Å². The van der Waals surface area contributed by atoms with E-state index in [9.17, 15) is 0 Å². The van der Waals surface area contributed by atoms with Crippen molar-refractivity contribution < 1.29 is 5.11 Å². The highest BCUT2D eigenvalue weighted by molar-refractivity contribution is 5.34. The van der Waals surface area contributed by atoms with Crippen LogP contribution in [0, 0.1) is 0 Å². The van der Waals surface area contributed by atoms with Gasteiger partial charge in [-0.1, -0.05) is 24.3 Å². The summed E-state index contributed by atoms with van der Waals surface area (Å²) in [5, 5.41) is 12.7. The van der Waals surface area contributed by atoms with Crippen molar-refractivity contribution in [1.82, 2.24) is 10.2 Å². The first-order valence-corrected chi connectivity index (χ1v) is 8.04. The molecule has 2 saturated heterocycles. The molecule has 0 aliphatic carbocycles. The molecule has 3 rings (SSSR count). The number of β-amino-alcohol motifs (C(OH)–C–C–N with tert-alkyl or cyclic N) is 1. The summed E-state index contributed by atoms with van der Waals surface area (Å²) >= 11 is 0. The first kappa shape index (κ1) is 14.1. The molecule has 2 heterocycles. The second-order valence-corrected chi connectivity index (χ2v) is 6.12. The van der Waals surface area contributed by atoms with Gasteiger partial charge >= 0.3 is 0 Å². The van der Waals surface area contributed by atoms with Gasteiger partial charge in [0.15, 0.2) is 0 Å². The van der Waals surface area contributed by atoms with Crippen molar-refractivity contribution in [2.24, 2.45) is 0 Å². The maximum absolute atomic E-state index is 9.04. The van der Waals surface area contributed by atoms with Crippen molar-refractivity contribution in [3.8, 4) is 0 Å². The number of benzene rings is 1. The third-order valence-electron chi connectivity index (χ3n) is 4.88. The molecule has 20 heavy (non-hydrogen) atoms. The molecule has 0 amide bonds. The minimum Gasteiger partial charge on any atom is -0.395 e. The minimum absolute atomic E-state index is 0.285. The summed E-state index contributed by atoms with van der Waals surface area (Å²) in [5.41, 5.74) is 3.10. The van der Waals surface area contributed by atoms with Gasteiger partial charge in [0.25, 0.3) is 0 Å². The van der Waals surface area contributed by atoms with Crippen LogP contribution in [0.4, 0.5) is 0 Å². The summed E-state index contributed by atoms with van der Waals surface area (Å²) in [6.45, 7) is 4.52. The molecular weight excluding hydrogens is 248 g/mol. The van der Waals surface area contributed by atoms with Crippen molar-refractivity contribution >= 4 is 0 Å². The van der Waals surface area contributed by atoms with E-state index in [4.69, 9.17) is 5.11 Å². The largest absolute Gasteiger partial charge is 0.395 e. The highest BCUT2D eigenvalue weighted by Crippen LogP contribution is 2.35. The third-order valence-corrected chi connectivity index (χ3v) is 4.88. The first-order valence-electron chi connectivity index (χ1n) is 8.04. The van der Waals surface area contributed by atoms with E-state index in [1.807, 2.05) is 0 Å². The van der Waals surface area contributed by atoms with Gasteiger partial charge in [0, 0.05) is 12.6 Å². The molecule has 2 aliphatic rings. The molecule has 2 N–H and O–H groups in total. The highest BCUT2D eigenvalue weighted by atomic mass is 16.3. The van der Waals surface area contributed by atoms with Gasteiger partial charge in [0.1, 0.15) is 0 Å². The first-order chi connectivity index (χ1) is 9.88. The van der Waals surface area contributed by atoms with Gasteiger partial charge in [-0.3, -0.25) is 0 Å². The lowest BCUT2D eigenvalue weighted by molar-refractivity contribution is 0.164. The second kappa shape index (κ2) is 6.70. The maximum Gasteiger partial charge on any atom is 0.0558 e. The second-order valence-electron chi connectivity index (χ2n) is 6.12. The number of piperidine rings is 1. The lowest BCUT2D eigenvalue weighted by Crippen LogP contribution is -2.35. The van der Waals surface area contributed by atoms with E-state index in [-0.39, 0.29) is 6.61 Å². The molecule has 0 radical (unpaired) electrons. The predicted molar refractivity (Wildman–Crippen MR) is 81.9 cm³/mol. The predicted octanol–water partition coefficient (Wildman–Crippen LogP) is 2.28. The molecule has 3 heteroatoms. The van der Waals surface area contributed by atoms with Gasteiger partial charge < -0.3 is 15.3 Å². The molecule has 3 nitrogen and oxygen atoms in total. The number of nitrogens with zero attached hydrogens (tertiary/aromatic N) is 1. The van der Waals surface area contributed by atoms with E-state index in [1.54, 1.807) is 5.56 Å². The fraction of sp³-hybridized carbons (Fsp3) is 0.647. The fourth-order valence-corrected chi connectivity index (χ4v) is 3.76. The molecule has 0 bridgehead atoms. The summed E-state index contributed by atoms with van der Waals surface area (Å²) in [5.74, 6) is 0.698. The Morgan fingerprint density at radius 3 is 2.50 bits per heavy atom. The molecule has 110 valence electrons. The molecule has 2 aliphatic heterocycles. The number of nitrogens with one attached hydrogen (secondary N) is 1. The molecule has 0 saturated carbocycles. The summed E-state index contributed by atoms with van der Waals surface area (Å²) in [7, 11) is 0. The molecule has 2 fully saturated rings. The molecule has 1 aromatic rings. The number of hydrogen-bond donors (Lipinski definition) is 2. The topological polar surface area (TPSA) is 35.5 Å². The summed E-state index contributed by atoms with van der Waals surface area (Å²) in [6, 6.07) is 9.59. The number of aliphatic hydroxyl groups excluding tert-OH is 1. The number of aliphatic hydroxyl groups is 1. The van der Waals surface area contributed by atoms with Crippen molar-refractivity contribution in [3.63, 3.8) is 0 Å². The zero-order valence-electron chi connectivity index (χ0n) is 12.2. The summed E-state index contributed by atoms with van der Waals surface area (Å²) in [6.07, 6.45) is 5.03. The quantitative estimate of drug-likeness (QED) is 0.884. The van der Waals surface area contributed by atoms with Crippen molar-refractivity contribution in [2.45, 2.75) is 37.6 Å². The van der Waals surface area contributed by atoms with E-state index >= 15 is 0 Å². The van der Waals surface area contributed by atoms with E-state index in [2.05, 4.69) is 34.5 Å². The van der Waals surface area contributed by atoms with Crippen LogP contribution < -0.4 is 5.32 Å². The van der Waals surface area contributed by atoms with Gasteiger partial charge in [0.2, 0.25) is 0 Å². The SMILES string of the molecule is OCCN1CCC(c2ccccc2[C@H]2CCCN2)CC1. The number of hydrogen-bond acceptors (Lipinski definition) is 3. The monoisotopic (exact) mass is 274 g/mol. The molecule has 0 aromatic heterocycles. The van der Waals surface area contributed by atoms with Gasteiger partial charge in [-0.2, -0.15) is 0 Å². The van der Waals surface area contributed by atoms with E-state index in [1.165, 1.54) is 31.2 Å².